The lowest BCUT2D eigenvalue weighted by atomic mass is 9.57. The molecule has 2 saturated heterocycles. The van der Waals surface area contributed by atoms with Gasteiger partial charge in [0.25, 0.3) is 0 Å². The summed E-state index contributed by atoms with van der Waals surface area (Å²) >= 11 is 0. The van der Waals surface area contributed by atoms with Gasteiger partial charge in [-0.2, -0.15) is 0 Å². The van der Waals surface area contributed by atoms with Crippen molar-refractivity contribution in [2.45, 2.75) is 90.0 Å². The third-order valence-electron chi connectivity index (χ3n) is 7.89. The zero-order valence-corrected chi connectivity index (χ0v) is 19.4. The van der Waals surface area contributed by atoms with Crippen LogP contribution in [0, 0.1) is 17.3 Å². The summed E-state index contributed by atoms with van der Waals surface area (Å²) in [6.07, 6.45) is 3.69. The SMILES string of the molecule is CC(=O)O[C@H]1CC/C(C)=C\[C@@H]2OC(=O)[C@]3(C)O[C@]23[C@H](O)[C@H]2[C@@H](C)[C@H](OC(C)=O)C=C[C@@]21C. The van der Waals surface area contributed by atoms with E-state index in [9.17, 15) is 19.5 Å². The Kier molecular flexibility index (Phi) is 5.33. The first kappa shape index (κ1) is 23.0. The Morgan fingerprint density at radius 2 is 1.84 bits per heavy atom. The number of allylic oxidation sites excluding steroid dienone is 1. The summed E-state index contributed by atoms with van der Waals surface area (Å²) in [4.78, 5) is 36.4. The molecule has 8 nitrogen and oxygen atoms in total. The molecule has 0 aromatic carbocycles. The molecule has 2 aliphatic heterocycles. The monoisotopic (exact) mass is 448 g/mol. The predicted octanol–water partition coefficient (Wildman–Crippen LogP) is 2.23. The number of carbonyl (C=O) groups excluding carboxylic acids is 3. The van der Waals surface area contributed by atoms with E-state index in [-0.39, 0.29) is 5.92 Å². The summed E-state index contributed by atoms with van der Waals surface area (Å²) in [5.74, 6) is -2.23. The molecule has 0 unspecified atom stereocenters. The molecule has 1 spiro atoms. The van der Waals surface area contributed by atoms with E-state index in [1.807, 2.05) is 32.9 Å². The molecule has 4 aliphatic rings. The van der Waals surface area contributed by atoms with E-state index in [0.29, 0.717) is 12.8 Å². The van der Waals surface area contributed by atoms with Crippen molar-refractivity contribution in [1.82, 2.24) is 0 Å². The number of esters is 3. The maximum Gasteiger partial charge on any atom is 0.342 e. The lowest BCUT2D eigenvalue weighted by molar-refractivity contribution is -0.171. The van der Waals surface area contributed by atoms with Gasteiger partial charge < -0.3 is 24.1 Å². The van der Waals surface area contributed by atoms with E-state index < -0.39 is 64.9 Å². The van der Waals surface area contributed by atoms with Crippen molar-refractivity contribution in [2.24, 2.45) is 17.3 Å². The van der Waals surface area contributed by atoms with Crippen molar-refractivity contribution in [1.29, 1.82) is 0 Å². The van der Waals surface area contributed by atoms with E-state index in [2.05, 4.69) is 0 Å². The minimum atomic E-state index is -1.26. The van der Waals surface area contributed by atoms with E-state index >= 15 is 0 Å². The van der Waals surface area contributed by atoms with Crippen LogP contribution in [0.3, 0.4) is 0 Å². The Morgan fingerprint density at radius 1 is 1.19 bits per heavy atom. The van der Waals surface area contributed by atoms with Gasteiger partial charge in [-0.1, -0.05) is 25.5 Å². The average Bonchev–Trinajstić information content (AvgIpc) is 3.28. The van der Waals surface area contributed by atoms with Crippen LogP contribution >= 0.6 is 0 Å². The minimum Gasteiger partial charge on any atom is -0.462 e. The van der Waals surface area contributed by atoms with Gasteiger partial charge in [0.05, 0.1) is 6.10 Å². The molecule has 2 fully saturated rings. The molecule has 9 atom stereocenters. The summed E-state index contributed by atoms with van der Waals surface area (Å²) in [5.41, 5.74) is -2.35. The molecular weight excluding hydrogens is 416 g/mol. The van der Waals surface area contributed by atoms with Crippen molar-refractivity contribution in [2.75, 3.05) is 0 Å². The van der Waals surface area contributed by atoms with Crippen LogP contribution in [0.2, 0.25) is 0 Å². The van der Waals surface area contributed by atoms with Gasteiger partial charge in [0, 0.05) is 31.1 Å². The van der Waals surface area contributed by atoms with Gasteiger partial charge in [-0.15, -0.1) is 0 Å². The van der Waals surface area contributed by atoms with Crippen LogP contribution in [-0.4, -0.2) is 58.6 Å². The molecule has 4 rings (SSSR count). The van der Waals surface area contributed by atoms with Gasteiger partial charge in [0.2, 0.25) is 0 Å². The van der Waals surface area contributed by atoms with Crippen LogP contribution in [0.15, 0.2) is 23.8 Å². The van der Waals surface area contributed by atoms with Crippen molar-refractivity contribution >= 4 is 17.9 Å². The zero-order valence-electron chi connectivity index (χ0n) is 19.4. The van der Waals surface area contributed by atoms with Crippen molar-refractivity contribution in [3.05, 3.63) is 23.8 Å². The largest absolute Gasteiger partial charge is 0.462 e. The number of aliphatic hydroxyl groups excluding tert-OH is 1. The third-order valence-corrected chi connectivity index (χ3v) is 7.89. The number of ether oxygens (including phenoxy) is 4. The number of aliphatic hydroxyl groups is 1. The smallest absolute Gasteiger partial charge is 0.342 e. The van der Waals surface area contributed by atoms with Gasteiger partial charge in [0.15, 0.2) is 17.3 Å². The predicted molar refractivity (Wildman–Crippen MR) is 112 cm³/mol. The number of carbonyl (C=O) groups is 3. The van der Waals surface area contributed by atoms with Gasteiger partial charge in [0.1, 0.15) is 12.2 Å². The molecule has 8 heteroatoms. The second kappa shape index (κ2) is 7.42. The van der Waals surface area contributed by atoms with E-state index in [1.165, 1.54) is 13.8 Å². The zero-order chi connectivity index (χ0) is 23.6. The average molecular weight is 449 g/mol. The highest BCUT2D eigenvalue weighted by Gasteiger charge is 2.85. The molecule has 0 radical (unpaired) electrons. The number of rotatable bonds is 2. The van der Waals surface area contributed by atoms with Crippen molar-refractivity contribution in [3.8, 4) is 0 Å². The molecule has 1 N–H and O–H groups in total. The topological polar surface area (TPSA) is 112 Å². The molecule has 176 valence electrons. The van der Waals surface area contributed by atoms with Crippen LogP contribution in [0.25, 0.3) is 0 Å². The van der Waals surface area contributed by atoms with Gasteiger partial charge in [-0.05, 0) is 38.8 Å². The van der Waals surface area contributed by atoms with E-state index in [4.69, 9.17) is 18.9 Å². The van der Waals surface area contributed by atoms with Crippen LogP contribution < -0.4 is 0 Å². The first-order chi connectivity index (χ1) is 14.9. The highest BCUT2D eigenvalue weighted by atomic mass is 16.7. The molecule has 0 bridgehead atoms. The molecule has 32 heavy (non-hydrogen) atoms. The highest BCUT2D eigenvalue weighted by molar-refractivity contribution is 5.88. The van der Waals surface area contributed by atoms with E-state index in [0.717, 1.165) is 5.57 Å². The Morgan fingerprint density at radius 3 is 2.44 bits per heavy atom. The highest BCUT2D eigenvalue weighted by Crippen LogP contribution is 2.64. The maximum absolute atomic E-state index is 12.6. The summed E-state index contributed by atoms with van der Waals surface area (Å²) in [6, 6.07) is 0. The van der Waals surface area contributed by atoms with Crippen molar-refractivity contribution < 1.29 is 38.4 Å². The number of fused-ring (bicyclic) bond motifs is 1. The van der Waals surface area contributed by atoms with Crippen LogP contribution in [0.1, 0.15) is 54.4 Å². The second-order valence-corrected chi connectivity index (χ2v) is 10.0. The molecule has 0 aromatic rings. The molecule has 0 amide bonds. The molecule has 0 aromatic heterocycles. The summed E-state index contributed by atoms with van der Waals surface area (Å²) in [5, 5.41) is 11.9. The van der Waals surface area contributed by atoms with Gasteiger partial charge >= 0.3 is 17.9 Å². The minimum absolute atomic E-state index is 0.342. The second-order valence-electron chi connectivity index (χ2n) is 10.0. The summed E-state index contributed by atoms with van der Waals surface area (Å²) in [6.45, 7) is 10.1. The first-order valence-corrected chi connectivity index (χ1v) is 11.2. The third kappa shape index (κ3) is 3.14. The molecule has 2 aliphatic carbocycles. The lowest BCUT2D eigenvalue weighted by Crippen LogP contribution is -2.59. The van der Waals surface area contributed by atoms with Gasteiger partial charge in [-0.3, -0.25) is 9.59 Å². The summed E-state index contributed by atoms with van der Waals surface area (Å²) < 4.78 is 22.9. The quantitative estimate of drug-likeness (QED) is 0.296. The van der Waals surface area contributed by atoms with Crippen LogP contribution in [-0.2, 0) is 33.3 Å². The maximum atomic E-state index is 12.6. The number of hydrogen-bond donors (Lipinski definition) is 1. The summed E-state index contributed by atoms with van der Waals surface area (Å²) in [7, 11) is 0. The molecular formula is C24H32O8. The van der Waals surface area contributed by atoms with Crippen LogP contribution in [0.4, 0.5) is 0 Å². The fourth-order valence-electron chi connectivity index (χ4n) is 6.14. The van der Waals surface area contributed by atoms with Crippen LogP contribution in [0.5, 0.6) is 0 Å². The normalized spacial score (nSPS) is 48.8. The van der Waals surface area contributed by atoms with E-state index in [1.54, 1.807) is 13.0 Å². The fraction of sp³-hybridized carbons (Fsp3) is 0.708. The molecule has 2 heterocycles. The fourth-order valence-corrected chi connectivity index (χ4v) is 6.14. The number of hydrogen-bond acceptors (Lipinski definition) is 8. The van der Waals surface area contributed by atoms with Gasteiger partial charge in [-0.25, -0.2) is 4.79 Å². The number of epoxide rings is 1. The Labute approximate surface area is 187 Å². The molecule has 0 saturated carbocycles. The Bertz CT molecular complexity index is 908. The first-order valence-electron chi connectivity index (χ1n) is 11.2. The van der Waals surface area contributed by atoms with Crippen molar-refractivity contribution in [3.63, 3.8) is 0 Å². The standard InChI is InChI=1S/C24H32O8/c1-12-7-8-17(30-15(4)26)22(5)10-9-16(29-14(3)25)13(2)19(22)20(27)24-18(11-12)31-21(28)23(24,6)32-24/h9-11,13,16-20,27H,7-8H2,1-6H3/b12-11-/t13-,16+,17-,18-,19+,20+,22+,23-,24-/m0/s1. The Balaban J connectivity index is 1.86. The lowest BCUT2D eigenvalue weighted by Gasteiger charge is -2.51. The Hall–Kier alpha value is -2.19.